The molecule has 1 fully saturated rings. The monoisotopic (exact) mass is 405 g/mol. The molecule has 1 N–H and O–H groups in total. The average Bonchev–Trinajstić information content (AvgIpc) is 2.80. The Balaban J connectivity index is 1.38. The fraction of sp³-hybridized carbons (Fsp3) is 0.200. The lowest BCUT2D eigenvalue weighted by Gasteiger charge is -2.35. The maximum Gasteiger partial charge on any atom is 0.269 e. The van der Waals surface area contributed by atoms with Crippen LogP contribution in [-0.2, 0) is 0 Å². The van der Waals surface area contributed by atoms with Crippen molar-refractivity contribution < 1.29 is 9.72 Å². The van der Waals surface area contributed by atoms with Crippen molar-refractivity contribution in [3.63, 3.8) is 0 Å². The van der Waals surface area contributed by atoms with E-state index in [2.05, 4.69) is 25.2 Å². The van der Waals surface area contributed by atoms with Gasteiger partial charge >= 0.3 is 0 Å². The Hall–Kier alpha value is -4.08. The molecule has 30 heavy (non-hydrogen) atoms. The first-order valence-electron chi connectivity index (χ1n) is 9.39. The predicted octanol–water partition coefficient (Wildman–Crippen LogP) is 2.49. The van der Waals surface area contributed by atoms with E-state index >= 15 is 0 Å². The van der Waals surface area contributed by atoms with Crippen LogP contribution in [0.15, 0.2) is 61.1 Å². The molecule has 2 aromatic heterocycles. The van der Waals surface area contributed by atoms with Gasteiger partial charge in [0.1, 0.15) is 23.8 Å². The predicted molar refractivity (Wildman–Crippen MR) is 111 cm³/mol. The number of aromatic nitrogens is 3. The molecule has 3 aromatic rings. The Bertz CT molecular complexity index is 1040. The van der Waals surface area contributed by atoms with Gasteiger partial charge in [0.25, 0.3) is 11.6 Å². The zero-order valence-electron chi connectivity index (χ0n) is 16.0. The van der Waals surface area contributed by atoms with Crippen molar-refractivity contribution in [3.05, 3.63) is 76.7 Å². The Morgan fingerprint density at radius 2 is 1.73 bits per heavy atom. The smallest absolute Gasteiger partial charge is 0.269 e. The summed E-state index contributed by atoms with van der Waals surface area (Å²) < 4.78 is 0. The number of hydrogen-bond donors (Lipinski definition) is 1. The second-order valence-electron chi connectivity index (χ2n) is 6.68. The van der Waals surface area contributed by atoms with E-state index in [1.54, 1.807) is 11.1 Å². The van der Waals surface area contributed by atoms with Crippen LogP contribution in [0.25, 0.3) is 0 Å². The molecule has 10 nitrogen and oxygen atoms in total. The topological polar surface area (TPSA) is 117 Å². The van der Waals surface area contributed by atoms with Crippen molar-refractivity contribution in [1.29, 1.82) is 0 Å². The number of rotatable bonds is 5. The lowest BCUT2D eigenvalue weighted by atomic mass is 10.1. The van der Waals surface area contributed by atoms with Gasteiger partial charge in [-0.1, -0.05) is 6.07 Å². The molecule has 0 bridgehead atoms. The zero-order valence-corrected chi connectivity index (χ0v) is 16.0. The van der Waals surface area contributed by atoms with E-state index in [1.165, 1.54) is 30.6 Å². The summed E-state index contributed by atoms with van der Waals surface area (Å²) in [6.45, 7) is 2.31. The molecule has 0 spiro atoms. The van der Waals surface area contributed by atoms with E-state index < -0.39 is 4.92 Å². The third-order valence-electron chi connectivity index (χ3n) is 4.79. The van der Waals surface area contributed by atoms with Gasteiger partial charge in [-0.15, -0.1) is 0 Å². The van der Waals surface area contributed by atoms with Gasteiger partial charge in [0, 0.05) is 56.1 Å². The van der Waals surface area contributed by atoms with E-state index in [-0.39, 0.29) is 11.6 Å². The van der Waals surface area contributed by atoms with E-state index in [1.807, 2.05) is 24.3 Å². The highest BCUT2D eigenvalue weighted by atomic mass is 16.6. The maximum atomic E-state index is 12.7. The van der Waals surface area contributed by atoms with Crippen molar-refractivity contribution in [3.8, 4) is 0 Å². The molecule has 0 aliphatic carbocycles. The fourth-order valence-corrected chi connectivity index (χ4v) is 3.20. The highest BCUT2D eigenvalue weighted by molar-refractivity contribution is 5.94. The van der Waals surface area contributed by atoms with Crippen LogP contribution in [-0.4, -0.2) is 56.9 Å². The highest BCUT2D eigenvalue weighted by Gasteiger charge is 2.23. The number of nitrogens with one attached hydrogen (secondary N) is 1. The fourth-order valence-electron chi connectivity index (χ4n) is 3.20. The number of benzene rings is 1. The van der Waals surface area contributed by atoms with Crippen molar-refractivity contribution in [2.75, 3.05) is 36.4 Å². The molecular weight excluding hydrogens is 386 g/mol. The second kappa shape index (κ2) is 8.52. The van der Waals surface area contributed by atoms with Crippen molar-refractivity contribution in [2.45, 2.75) is 0 Å². The van der Waals surface area contributed by atoms with Gasteiger partial charge in [-0.05, 0) is 24.3 Å². The Morgan fingerprint density at radius 1 is 0.967 bits per heavy atom. The summed E-state index contributed by atoms with van der Waals surface area (Å²) in [5, 5.41) is 13.9. The van der Waals surface area contributed by atoms with Gasteiger partial charge in [-0.25, -0.2) is 15.0 Å². The minimum Gasteiger partial charge on any atom is -0.353 e. The summed E-state index contributed by atoms with van der Waals surface area (Å²) in [5.74, 6) is 1.97. The van der Waals surface area contributed by atoms with Gasteiger partial charge in [0.2, 0.25) is 0 Å². The molecule has 1 aliphatic heterocycles. The standard InChI is InChI=1S/C20H19N7O3/c28-20(15-4-6-16(7-5-15)27(29)30)26-11-9-25(10-12-26)19-13-18(22-14-23-19)24-17-3-1-2-8-21-17/h1-8,13-14H,9-12H2,(H,21,22,23,24). The summed E-state index contributed by atoms with van der Waals surface area (Å²) in [6.07, 6.45) is 3.20. The van der Waals surface area contributed by atoms with Gasteiger partial charge in [-0.2, -0.15) is 0 Å². The number of anilines is 3. The lowest BCUT2D eigenvalue weighted by Crippen LogP contribution is -2.49. The normalized spacial score (nSPS) is 13.7. The molecule has 0 atom stereocenters. The number of carbonyl (C=O) groups is 1. The summed E-state index contributed by atoms with van der Waals surface area (Å²) in [4.78, 5) is 39.6. The van der Waals surface area contributed by atoms with E-state index in [0.29, 0.717) is 43.4 Å². The molecule has 1 saturated heterocycles. The molecule has 1 aromatic carbocycles. The molecule has 0 radical (unpaired) electrons. The van der Waals surface area contributed by atoms with Crippen LogP contribution < -0.4 is 10.2 Å². The number of pyridine rings is 1. The molecular formula is C20H19N7O3. The molecule has 3 heterocycles. The Kier molecular flexibility index (Phi) is 5.46. The van der Waals surface area contributed by atoms with Crippen LogP contribution >= 0.6 is 0 Å². The van der Waals surface area contributed by atoms with Crippen LogP contribution in [0.3, 0.4) is 0 Å². The van der Waals surface area contributed by atoms with Crippen LogP contribution in [0.1, 0.15) is 10.4 Å². The van der Waals surface area contributed by atoms with Gasteiger partial charge in [-0.3, -0.25) is 14.9 Å². The van der Waals surface area contributed by atoms with E-state index in [0.717, 1.165) is 5.82 Å². The molecule has 0 saturated carbocycles. The van der Waals surface area contributed by atoms with Crippen LogP contribution in [0.2, 0.25) is 0 Å². The number of amides is 1. The van der Waals surface area contributed by atoms with Crippen LogP contribution in [0.5, 0.6) is 0 Å². The van der Waals surface area contributed by atoms with Crippen molar-refractivity contribution >= 4 is 29.0 Å². The third-order valence-corrected chi connectivity index (χ3v) is 4.79. The number of nitrogens with zero attached hydrogens (tertiary/aromatic N) is 6. The zero-order chi connectivity index (χ0) is 20.9. The second-order valence-corrected chi connectivity index (χ2v) is 6.68. The largest absolute Gasteiger partial charge is 0.353 e. The summed E-state index contributed by atoms with van der Waals surface area (Å²) in [7, 11) is 0. The number of non-ortho nitro benzene ring substituents is 1. The number of hydrogen-bond acceptors (Lipinski definition) is 8. The minimum absolute atomic E-state index is 0.0322. The quantitative estimate of drug-likeness (QED) is 0.508. The SMILES string of the molecule is O=C(c1ccc([N+](=O)[O-])cc1)N1CCN(c2cc(Nc3ccccn3)ncn2)CC1. The van der Waals surface area contributed by atoms with E-state index in [9.17, 15) is 14.9 Å². The number of nitro groups is 1. The highest BCUT2D eigenvalue weighted by Crippen LogP contribution is 2.20. The lowest BCUT2D eigenvalue weighted by molar-refractivity contribution is -0.384. The van der Waals surface area contributed by atoms with Crippen molar-refractivity contribution in [1.82, 2.24) is 19.9 Å². The third kappa shape index (κ3) is 4.32. The first-order chi connectivity index (χ1) is 14.6. The molecule has 152 valence electrons. The molecule has 1 aliphatic rings. The van der Waals surface area contributed by atoms with Gasteiger partial charge in [0.15, 0.2) is 0 Å². The minimum atomic E-state index is -0.480. The number of carbonyl (C=O) groups excluding carboxylic acids is 1. The van der Waals surface area contributed by atoms with Crippen LogP contribution in [0.4, 0.5) is 23.1 Å². The van der Waals surface area contributed by atoms with Crippen molar-refractivity contribution in [2.24, 2.45) is 0 Å². The first-order valence-corrected chi connectivity index (χ1v) is 9.39. The number of piperazine rings is 1. The first kappa shape index (κ1) is 19.2. The maximum absolute atomic E-state index is 12.7. The summed E-state index contributed by atoms with van der Waals surface area (Å²) in [6, 6.07) is 13.1. The summed E-state index contributed by atoms with van der Waals surface area (Å²) >= 11 is 0. The van der Waals surface area contributed by atoms with E-state index in [4.69, 9.17) is 0 Å². The summed E-state index contributed by atoms with van der Waals surface area (Å²) in [5.41, 5.74) is 0.410. The van der Waals surface area contributed by atoms with Crippen LogP contribution in [0, 0.1) is 10.1 Å². The van der Waals surface area contributed by atoms with Gasteiger partial charge in [0.05, 0.1) is 4.92 Å². The Morgan fingerprint density at radius 3 is 2.40 bits per heavy atom. The molecule has 1 amide bonds. The molecule has 0 unspecified atom stereocenters. The Labute approximate surface area is 172 Å². The average molecular weight is 405 g/mol. The van der Waals surface area contributed by atoms with Gasteiger partial charge < -0.3 is 15.1 Å². The molecule has 4 rings (SSSR count). The molecule has 10 heteroatoms. The number of nitro benzene ring substituents is 1.